The highest BCUT2D eigenvalue weighted by atomic mass is 35.5. The van der Waals surface area contributed by atoms with E-state index in [1.165, 1.54) is 0 Å². The molecule has 32 heavy (non-hydrogen) atoms. The molecular weight excluding hydrogens is 428 g/mol. The maximum atomic E-state index is 9.82. The van der Waals surface area contributed by atoms with Gasteiger partial charge in [0.2, 0.25) is 11.8 Å². The van der Waals surface area contributed by atoms with Gasteiger partial charge in [0.25, 0.3) is 0 Å². The van der Waals surface area contributed by atoms with Crippen molar-refractivity contribution in [2.75, 3.05) is 7.11 Å². The van der Waals surface area contributed by atoms with E-state index in [1.54, 1.807) is 7.11 Å². The average Bonchev–Trinajstić information content (AvgIpc) is 3.20. The van der Waals surface area contributed by atoms with Gasteiger partial charge in [-0.15, -0.1) is 5.10 Å². The van der Waals surface area contributed by atoms with Gasteiger partial charge in [-0.2, -0.15) is 5.26 Å². The van der Waals surface area contributed by atoms with E-state index in [0.29, 0.717) is 34.6 Å². The van der Waals surface area contributed by atoms with Crippen LogP contribution in [-0.2, 0) is 13.0 Å². The molecule has 0 fully saturated rings. The molecule has 0 spiro atoms. The van der Waals surface area contributed by atoms with Gasteiger partial charge in [-0.3, -0.25) is 5.10 Å². The number of halogens is 1. The van der Waals surface area contributed by atoms with Crippen molar-refractivity contribution in [3.05, 3.63) is 81.3 Å². The van der Waals surface area contributed by atoms with E-state index in [1.807, 2.05) is 42.5 Å². The molecule has 2 aromatic carbocycles. The fraction of sp³-hybridized carbons (Fsp3) is 0.250. The summed E-state index contributed by atoms with van der Waals surface area (Å²) >= 11 is 5.95. The number of rotatable bonds is 7. The molecule has 8 heteroatoms. The number of H-pyrrole nitrogens is 1. The third-order valence-corrected chi connectivity index (χ3v) is 5.60. The molecule has 0 saturated carbocycles. The summed E-state index contributed by atoms with van der Waals surface area (Å²) in [5.74, 6) is 1.19. The Morgan fingerprint density at radius 2 is 2.00 bits per heavy atom. The molecule has 3 aromatic rings. The fourth-order valence-corrected chi connectivity index (χ4v) is 3.93. The Labute approximate surface area is 191 Å². The van der Waals surface area contributed by atoms with Crippen LogP contribution in [0.1, 0.15) is 41.6 Å². The molecular formula is C24H23ClN4O3. The minimum Gasteiger partial charge on any atom is -0.493 e. The predicted octanol–water partition coefficient (Wildman–Crippen LogP) is 4.82. The van der Waals surface area contributed by atoms with E-state index in [2.05, 4.69) is 23.2 Å². The van der Waals surface area contributed by atoms with Crippen LogP contribution in [0.4, 0.5) is 0 Å². The first kappa shape index (κ1) is 21.6. The number of allylic oxidation sites excluding steroid dienone is 1. The van der Waals surface area contributed by atoms with Crippen molar-refractivity contribution in [1.82, 2.24) is 10.2 Å². The molecule has 0 bridgehead atoms. The Bertz CT molecular complexity index is 1190. The van der Waals surface area contributed by atoms with Gasteiger partial charge in [-0.05, 0) is 41.8 Å². The number of ether oxygens (including phenoxy) is 3. The molecule has 4 rings (SSSR count). The number of nitrogens with two attached hydrogens (primary N) is 1. The van der Waals surface area contributed by atoms with Crippen LogP contribution in [0, 0.1) is 11.3 Å². The number of aromatic nitrogens is 2. The van der Waals surface area contributed by atoms with Crippen LogP contribution >= 0.6 is 11.6 Å². The van der Waals surface area contributed by atoms with Gasteiger partial charge in [-0.25, -0.2) is 0 Å². The SMILES string of the molecule is CCCc1[nH]nc2c1[C@H](c1ccc(OCc3ccc(Cl)cc3)c(OC)c1)C(C#N)=C(N)O2. The third-order valence-electron chi connectivity index (χ3n) is 5.35. The lowest BCUT2D eigenvalue weighted by Gasteiger charge is -2.24. The van der Waals surface area contributed by atoms with E-state index in [0.717, 1.165) is 35.2 Å². The number of fused-ring (bicyclic) bond motifs is 1. The van der Waals surface area contributed by atoms with Crippen LogP contribution in [0.2, 0.25) is 5.02 Å². The predicted molar refractivity (Wildman–Crippen MR) is 121 cm³/mol. The molecule has 1 atom stereocenters. The van der Waals surface area contributed by atoms with Gasteiger partial charge in [-0.1, -0.05) is 43.1 Å². The van der Waals surface area contributed by atoms with Gasteiger partial charge in [0, 0.05) is 16.3 Å². The van der Waals surface area contributed by atoms with E-state index in [4.69, 9.17) is 31.5 Å². The molecule has 1 aliphatic rings. The van der Waals surface area contributed by atoms with E-state index in [-0.39, 0.29) is 5.88 Å². The molecule has 1 aliphatic heterocycles. The normalized spacial score (nSPS) is 15.0. The van der Waals surface area contributed by atoms with Crippen molar-refractivity contribution in [3.63, 3.8) is 0 Å². The first-order valence-electron chi connectivity index (χ1n) is 10.3. The summed E-state index contributed by atoms with van der Waals surface area (Å²) in [5.41, 5.74) is 9.97. The number of aromatic amines is 1. The summed E-state index contributed by atoms with van der Waals surface area (Å²) in [6.07, 6.45) is 1.70. The summed E-state index contributed by atoms with van der Waals surface area (Å²) in [4.78, 5) is 0. The molecule has 0 saturated heterocycles. The van der Waals surface area contributed by atoms with E-state index in [9.17, 15) is 5.26 Å². The molecule has 2 heterocycles. The van der Waals surface area contributed by atoms with Crippen LogP contribution in [-0.4, -0.2) is 17.3 Å². The lowest BCUT2D eigenvalue weighted by Crippen LogP contribution is -2.21. The molecule has 3 N–H and O–H groups in total. The maximum absolute atomic E-state index is 9.82. The Kier molecular flexibility index (Phi) is 6.24. The highest BCUT2D eigenvalue weighted by Gasteiger charge is 2.35. The zero-order chi connectivity index (χ0) is 22.7. The zero-order valence-corrected chi connectivity index (χ0v) is 18.6. The second kappa shape index (κ2) is 9.25. The zero-order valence-electron chi connectivity index (χ0n) is 17.8. The molecule has 0 radical (unpaired) electrons. The van der Waals surface area contributed by atoms with Crippen molar-refractivity contribution in [3.8, 4) is 23.4 Å². The maximum Gasteiger partial charge on any atom is 0.244 e. The van der Waals surface area contributed by atoms with Crippen molar-refractivity contribution >= 4 is 11.6 Å². The van der Waals surface area contributed by atoms with Gasteiger partial charge in [0.05, 0.1) is 13.0 Å². The number of benzene rings is 2. The quantitative estimate of drug-likeness (QED) is 0.534. The summed E-state index contributed by atoms with van der Waals surface area (Å²) in [7, 11) is 1.58. The number of nitrogens with one attached hydrogen (secondary N) is 1. The molecule has 164 valence electrons. The molecule has 0 amide bonds. The van der Waals surface area contributed by atoms with E-state index >= 15 is 0 Å². The first-order valence-corrected chi connectivity index (χ1v) is 10.6. The summed E-state index contributed by atoms with van der Waals surface area (Å²) in [5, 5.41) is 17.8. The Balaban J connectivity index is 1.69. The van der Waals surface area contributed by atoms with Crippen LogP contribution in [0.15, 0.2) is 53.9 Å². The highest BCUT2D eigenvalue weighted by Crippen LogP contribution is 2.45. The minimum atomic E-state index is -0.414. The monoisotopic (exact) mass is 450 g/mol. The number of nitrogens with zero attached hydrogens (tertiary/aromatic N) is 2. The number of hydrogen-bond donors (Lipinski definition) is 2. The molecule has 0 unspecified atom stereocenters. The second-order valence-electron chi connectivity index (χ2n) is 7.42. The average molecular weight is 451 g/mol. The smallest absolute Gasteiger partial charge is 0.244 e. The van der Waals surface area contributed by atoms with Gasteiger partial charge in [0.1, 0.15) is 18.2 Å². The number of hydrogen-bond acceptors (Lipinski definition) is 6. The number of methoxy groups -OCH3 is 1. The fourth-order valence-electron chi connectivity index (χ4n) is 3.81. The Hall–Kier alpha value is -3.63. The second-order valence-corrected chi connectivity index (χ2v) is 7.86. The van der Waals surface area contributed by atoms with Crippen LogP contribution in [0.5, 0.6) is 17.4 Å². The van der Waals surface area contributed by atoms with Crippen LogP contribution in [0.25, 0.3) is 0 Å². The van der Waals surface area contributed by atoms with Crippen molar-refractivity contribution in [1.29, 1.82) is 5.26 Å². The molecule has 0 aliphatic carbocycles. The van der Waals surface area contributed by atoms with Gasteiger partial charge in [0.15, 0.2) is 11.5 Å². The molecule has 1 aromatic heterocycles. The summed E-state index contributed by atoms with van der Waals surface area (Å²) in [6, 6.07) is 15.3. The van der Waals surface area contributed by atoms with Crippen molar-refractivity contribution < 1.29 is 14.2 Å². The summed E-state index contributed by atoms with van der Waals surface area (Å²) < 4.78 is 17.2. The third kappa shape index (κ3) is 4.10. The van der Waals surface area contributed by atoms with Crippen LogP contribution < -0.4 is 19.9 Å². The molecule has 7 nitrogen and oxygen atoms in total. The van der Waals surface area contributed by atoms with Gasteiger partial charge >= 0.3 is 0 Å². The number of aryl methyl sites for hydroxylation is 1. The lowest BCUT2D eigenvalue weighted by molar-refractivity contribution is 0.284. The van der Waals surface area contributed by atoms with Crippen molar-refractivity contribution in [2.24, 2.45) is 5.73 Å². The number of nitriles is 1. The summed E-state index contributed by atoms with van der Waals surface area (Å²) in [6.45, 7) is 2.45. The first-order chi connectivity index (χ1) is 15.5. The van der Waals surface area contributed by atoms with Crippen molar-refractivity contribution in [2.45, 2.75) is 32.3 Å². The topological polar surface area (TPSA) is 106 Å². The van der Waals surface area contributed by atoms with Gasteiger partial charge < -0.3 is 19.9 Å². The lowest BCUT2D eigenvalue weighted by atomic mass is 9.83. The van der Waals surface area contributed by atoms with E-state index < -0.39 is 5.92 Å². The largest absolute Gasteiger partial charge is 0.493 e. The Morgan fingerprint density at radius 1 is 1.22 bits per heavy atom. The van der Waals surface area contributed by atoms with Crippen LogP contribution in [0.3, 0.4) is 0 Å². The standard InChI is InChI=1S/C24H23ClN4O3/c1-3-4-18-22-21(17(12-26)23(27)32-24(22)29-28-18)15-7-10-19(20(11-15)30-2)31-13-14-5-8-16(25)9-6-14/h5-11,21H,3-4,13,27H2,1-2H3,(H,28,29)/t21-/m1/s1. The highest BCUT2D eigenvalue weighted by molar-refractivity contribution is 6.30. The minimum absolute atomic E-state index is 0.0570. The Morgan fingerprint density at radius 3 is 2.69 bits per heavy atom.